The zero-order valence-electron chi connectivity index (χ0n) is 14.1. The second-order valence-corrected chi connectivity index (χ2v) is 6.60. The monoisotopic (exact) mass is 332 g/mol. The second-order valence-electron chi connectivity index (χ2n) is 6.60. The normalized spacial score (nSPS) is 17.7. The number of hydrogen-bond donors (Lipinski definition) is 0. The van der Waals surface area contributed by atoms with Crippen LogP contribution in [0.3, 0.4) is 0 Å². The number of halogens is 1. The number of nitrogens with zero attached hydrogens (tertiary/aromatic N) is 2. The van der Waals surface area contributed by atoms with Gasteiger partial charge in [-0.15, -0.1) is 0 Å². The van der Waals surface area contributed by atoms with Gasteiger partial charge in [-0.1, -0.05) is 54.6 Å². The molecule has 2 nitrogen and oxygen atoms in total. The molecule has 0 aliphatic carbocycles. The Hall–Kier alpha value is -2.52. The Morgan fingerprint density at radius 2 is 1.56 bits per heavy atom. The van der Waals surface area contributed by atoms with Crippen LogP contribution in [0.4, 0.5) is 4.39 Å². The summed E-state index contributed by atoms with van der Waals surface area (Å²) >= 11 is 0. The quantitative estimate of drug-likeness (QED) is 0.671. The van der Waals surface area contributed by atoms with Crippen LogP contribution in [-0.4, -0.2) is 29.1 Å². The average Bonchev–Trinajstić information content (AvgIpc) is 3.07. The van der Waals surface area contributed by atoms with Crippen molar-refractivity contribution in [3.63, 3.8) is 0 Å². The lowest BCUT2D eigenvalue weighted by molar-refractivity contribution is 0.280. The highest BCUT2D eigenvalue weighted by atomic mass is 19.1. The molecule has 1 aliphatic rings. The molecule has 2 heterocycles. The first-order valence-corrected chi connectivity index (χ1v) is 8.75. The van der Waals surface area contributed by atoms with Crippen molar-refractivity contribution >= 4 is 0 Å². The molecule has 1 aromatic heterocycles. The molecular weight excluding hydrogens is 311 g/mol. The van der Waals surface area contributed by atoms with Gasteiger partial charge in [-0.25, -0.2) is 4.39 Å². The predicted octanol–water partition coefficient (Wildman–Crippen LogP) is 4.96. The summed E-state index contributed by atoms with van der Waals surface area (Å²) in [5.74, 6) is 0. The summed E-state index contributed by atoms with van der Waals surface area (Å²) in [6.45, 7) is 2.06. The molecule has 1 saturated heterocycles. The molecular formula is C22H21FN2. The van der Waals surface area contributed by atoms with Gasteiger partial charge in [-0.3, -0.25) is 9.88 Å². The van der Waals surface area contributed by atoms with E-state index in [0.717, 1.165) is 24.3 Å². The molecule has 1 atom stereocenters. The van der Waals surface area contributed by atoms with E-state index >= 15 is 0 Å². The van der Waals surface area contributed by atoms with Crippen molar-refractivity contribution < 1.29 is 4.39 Å². The van der Waals surface area contributed by atoms with E-state index in [4.69, 9.17) is 0 Å². The van der Waals surface area contributed by atoms with Crippen LogP contribution in [0.5, 0.6) is 0 Å². The second kappa shape index (κ2) is 7.16. The van der Waals surface area contributed by atoms with Crippen LogP contribution in [0.25, 0.3) is 22.3 Å². The van der Waals surface area contributed by atoms with Crippen molar-refractivity contribution in [1.82, 2.24) is 9.88 Å². The zero-order chi connectivity index (χ0) is 17.1. The van der Waals surface area contributed by atoms with Crippen LogP contribution < -0.4 is 0 Å². The third-order valence-corrected chi connectivity index (χ3v) is 4.74. The summed E-state index contributed by atoms with van der Waals surface area (Å²) in [7, 11) is 0. The van der Waals surface area contributed by atoms with Crippen molar-refractivity contribution in [1.29, 1.82) is 0 Å². The van der Waals surface area contributed by atoms with E-state index < -0.39 is 6.17 Å². The number of aromatic nitrogens is 1. The number of hydrogen-bond acceptors (Lipinski definition) is 2. The Morgan fingerprint density at radius 1 is 0.880 bits per heavy atom. The molecule has 3 aromatic rings. The number of likely N-dealkylation sites (tertiary alicyclic amines) is 1. The Labute approximate surface area is 148 Å². The Balaban J connectivity index is 1.52. The lowest BCUT2D eigenvalue weighted by Crippen LogP contribution is -2.21. The molecule has 0 unspecified atom stereocenters. The molecule has 0 N–H and O–H groups in total. The van der Waals surface area contributed by atoms with Crippen LogP contribution in [0.15, 0.2) is 72.9 Å². The third kappa shape index (κ3) is 3.77. The first-order chi connectivity index (χ1) is 12.3. The molecule has 1 aliphatic heterocycles. The lowest BCUT2D eigenvalue weighted by atomic mass is 10.0. The maximum Gasteiger partial charge on any atom is 0.114 e. The van der Waals surface area contributed by atoms with E-state index in [-0.39, 0.29) is 0 Å². The number of rotatable bonds is 4. The number of alkyl halides is 1. The largest absolute Gasteiger partial charge is 0.295 e. The lowest BCUT2D eigenvalue weighted by Gasteiger charge is -2.14. The van der Waals surface area contributed by atoms with Gasteiger partial charge in [0, 0.05) is 25.8 Å². The highest BCUT2D eigenvalue weighted by Gasteiger charge is 2.21. The van der Waals surface area contributed by atoms with Gasteiger partial charge in [0.1, 0.15) is 6.17 Å². The van der Waals surface area contributed by atoms with Gasteiger partial charge in [0.05, 0.1) is 5.69 Å². The fourth-order valence-electron chi connectivity index (χ4n) is 3.39. The highest BCUT2D eigenvalue weighted by Crippen LogP contribution is 2.25. The minimum Gasteiger partial charge on any atom is -0.295 e. The van der Waals surface area contributed by atoms with E-state index in [9.17, 15) is 4.39 Å². The SMILES string of the molecule is F[C@H]1CCN(Cc2cc(-c3ccc(-c4ccccc4)cc3)ccn2)C1. The minimum atomic E-state index is -0.686. The molecule has 0 amide bonds. The molecule has 0 radical (unpaired) electrons. The minimum absolute atomic E-state index is 0.525. The Kier molecular flexibility index (Phi) is 4.57. The van der Waals surface area contributed by atoms with E-state index in [2.05, 4.69) is 64.5 Å². The smallest absolute Gasteiger partial charge is 0.114 e. The van der Waals surface area contributed by atoms with Gasteiger partial charge in [0.2, 0.25) is 0 Å². The Bertz CT molecular complexity index is 830. The number of benzene rings is 2. The molecule has 2 aromatic carbocycles. The van der Waals surface area contributed by atoms with E-state index in [0.29, 0.717) is 13.0 Å². The molecule has 126 valence electrons. The fraction of sp³-hybridized carbons (Fsp3) is 0.227. The van der Waals surface area contributed by atoms with Crippen molar-refractivity contribution in [3.05, 3.63) is 78.6 Å². The van der Waals surface area contributed by atoms with Crippen LogP contribution in [0.1, 0.15) is 12.1 Å². The van der Waals surface area contributed by atoms with Crippen molar-refractivity contribution in [2.24, 2.45) is 0 Å². The summed E-state index contributed by atoms with van der Waals surface area (Å²) in [5.41, 5.74) is 5.76. The van der Waals surface area contributed by atoms with E-state index in [1.807, 2.05) is 18.3 Å². The highest BCUT2D eigenvalue weighted by molar-refractivity contribution is 5.70. The van der Waals surface area contributed by atoms with Gasteiger partial charge in [0.25, 0.3) is 0 Å². The van der Waals surface area contributed by atoms with Gasteiger partial charge in [-0.2, -0.15) is 0 Å². The average molecular weight is 332 g/mol. The fourth-order valence-corrected chi connectivity index (χ4v) is 3.39. The summed E-state index contributed by atoms with van der Waals surface area (Å²) < 4.78 is 13.3. The summed E-state index contributed by atoms with van der Waals surface area (Å²) in [6, 6.07) is 23.1. The number of pyridine rings is 1. The molecule has 0 bridgehead atoms. The summed E-state index contributed by atoms with van der Waals surface area (Å²) in [4.78, 5) is 6.59. The predicted molar refractivity (Wildman–Crippen MR) is 99.9 cm³/mol. The Morgan fingerprint density at radius 3 is 2.24 bits per heavy atom. The summed E-state index contributed by atoms with van der Waals surface area (Å²) in [6.07, 6.45) is 1.80. The summed E-state index contributed by atoms with van der Waals surface area (Å²) in [5, 5.41) is 0. The van der Waals surface area contributed by atoms with Crippen LogP contribution in [-0.2, 0) is 6.54 Å². The van der Waals surface area contributed by atoms with Gasteiger partial charge >= 0.3 is 0 Å². The first-order valence-electron chi connectivity index (χ1n) is 8.75. The van der Waals surface area contributed by atoms with Crippen molar-refractivity contribution in [3.8, 4) is 22.3 Å². The zero-order valence-corrected chi connectivity index (χ0v) is 14.1. The van der Waals surface area contributed by atoms with E-state index in [1.54, 1.807) is 0 Å². The molecule has 0 spiro atoms. The van der Waals surface area contributed by atoms with Gasteiger partial charge < -0.3 is 0 Å². The maximum atomic E-state index is 13.3. The van der Waals surface area contributed by atoms with E-state index in [1.165, 1.54) is 16.7 Å². The van der Waals surface area contributed by atoms with Gasteiger partial charge in [-0.05, 0) is 40.8 Å². The molecule has 25 heavy (non-hydrogen) atoms. The van der Waals surface area contributed by atoms with Crippen LogP contribution in [0, 0.1) is 0 Å². The molecule has 4 rings (SSSR count). The van der Waals surface area contributed by atoms with Crippen LogP contribution >= 0.6 is 0 Å². The standard InChI is InChI=1S/C22H21FN2/c23-21-11-13-25(15-21)16-22-14-20(10-12-24-22)19-8-6-18(7-9-19)17-4-2-1-3-5-17/h1-10,12,14,21H,11,13,15-16H2/t21-/m0/s1. The third-order valence-electron chi connectivity index (χ3n) is 4.74. The molecule has 3 heteroatoms. The van der Waals surface area contributed by atoms with Crippen LogP contribution in [0.2, 0.25) is 0 Å². The molecule has 1 fully saturated rings. The molecule has 0 saturated carbocycles. The van der Waals surface area contributed by atoms with Gasteiger partial charge in [0.15, 0.2) is 0 Å². The topological polar surface area (TPSA) is 16.1 Å². The first kappa shape index (κ1) is 16.0. The maximum absolute atomic E-state index is 13.3. The van der Waals surface area contributed by atoms with Crippen molar-refractivity contribution in [2.45, 2.75) is 19.1 Å². The van der Waals surface area contributed by atoms with Crippen molar-refractivity contribution in [2.75, 3.05) is 13.1 Å².